The van der Waals surface area contributed by atoms with Crippen molar-refractivity contribution >= 4 is 57.2 Å². The van der Waals surface area contributed by atoms with Gasteiger partial charge in [-0.1, -0.05) is 59.0 Å². The summed E-state index contributed by atoms with van der Waals surface area (Å²) in [7, 11) is 0. The Morgan fingerprint density at radius 1 is 1.08 bits per heavy atom. The SMILES string of the molecule is CC(C)C(NC(=O)c1ccc(F)cc1)C(=O)N/N=C/c1cc(Br)ccc1OCc1ccc(Cl)cc1Cl. The van der Waals surface area contributed by atoms with E-state index in [1.54, 1.807) is 44.2 Å². The maximum absolute atomic E-state index is 13.1. The molecule has 3 rings (SSSR count). The highest BCUT2D eigenvalue weighted by Crippen LogP contribution is 2.26. The van der Waals surface area contributed by atoms with Crippen molar-refractivity contribution < 1.29 is 18.7 Å². The molecule has 0 saturated carbocycles. The Bertz CT molecular complexity index is 1270. The Labute approximate surface area is 227 Å². The van der Waals surface area contributed by atoms with Gasteiger partial charge < -0.3 is 10.1 Å². The number of carbonyl (C=O) groups excluding carboxylic acids is 2. The minimum absolute atomic E-state index is 0.204. The molecule has 0 aliphatic heterocycles. The van der Waals surface area contributed by atoms with Crippen LogP contribution >= 0.6 is 39.1 Å². The molecule has 3 aromatic carbocycles. The highest BCUT2D eigenvalue weighted by atomic mass is 79.9. The zero-order chi connectivity index (χ0) is 26.2. The number of hydrogen-bond acceptors (Lipinski definition) is 4. The summed E-state index contributed by atoms with van der Waals surface area (Å²) >= 11 is 15.6. The van der Waals surface area contributed by atoms with Crippen LogP contribution in [0.15, 0.2) is 70.2 Å². The van der Waals surface area contributed by atoms with Gasteiger partial charge in [-0.05, 0) is 60.5 Å². The fourth-order valence-corrected chi connectivity index (χ4v) is 3.98. The van der Waals surface area contributed by atoms with Crippen molar-refractivity contribution in [3.63, 3.8) is 0 Å². The first kappa shape index (κ1) is 27.6. The molecule has 188 valence electrons. The fourth-order valence-electron chi connectivity index (χ4n) is 3.14. The van der Waals surface area contributed by atoms with Crippen molar-refractivity contribution in [1.82, 2.24) is 10.7 Å². The van der Waals surface area contributed by atoms with E-state index in [2.05, 4.69) is 31.8 Å². The van der Waals surface area contributed by atoms with E-state index in [0.717, 1.165) is 10.0 Å². The number of carbonyl (C=O) groups is 2. The molecule has 0 bridgehead atoms. The lowest BCUT2D eigenvalue weighted by Crippen LogP contribution is -2.48. The summed E-state index contributed by atoms with van der Waals surface area (Å²) in [6.45, 7) is 3.79. The third-order valence-electron chi connectivity index (χ3n) is 5.09. The molecular weight excluding hydrogens is 572 g/mol. The van der Waals surface area contributed by atoms with E-state index >= 15 is 0 Å². The summed E-state index contributed by atoms with van der Waals surface area (Å²) in [5.74, 6) is -1.14. The number of nitrogens with zero attached hydrogens (tertiary/aromatic N) is 1. The van der Waals surface area contributed by atoms with Gasteiger partial charge in [0.05, 0.1) is 6.21 Å². The molecule has 1 atom stereocenters. The standard InChI is InChI=1S/C26H23BrCl2FN3O3/c1-15(2)24(32-25(34)16-4-8-21(30)9-5-16)26(35)33-31-13-18-11-19(27)6-10-23(18)36-14-17-3-7-20(28)12-22(17)29/h3-13,15,24H,14H2,1-2H3,(H,32,34)(H,33,35)/b31-13+. The average molecular weight is 595 g/mol. The van der Waals surface area contributed by atoms with Gasteiger partial charge in [0.25, 0.3) is 11.8 Å². The zero-order valence-electron chi connectivity index (χ0n) is 19.4. The van der Waals surface area contributed by atoms with Gasteiger partial charge in [-0.3, -0.25) is 9.59 Å². The van der Waals surface area contributed by atoms with Gasteiger partial charge in [0, 0.05) is 31.2 Å². The lowest BCUT2D eigenvalue weighted by molar-refractivity contribution is -0.123. The molecule has 2 N–H and O–H groups in total. The second-order valence-electron chi connectivity index (χ2n) is 8.14. The summed E-state index contributed by atoms with van der Waals surface area (Å²) in [6.07, 6.45) is 1.45. The van der Waals surface area contributed by atoms with Crippen LogP contribution in [0.1, 0.15) is 35.3 Å². The van der Waals surface area contributed by atoms with Crippen LogP contribution in [0.2, 0.25) is 10.0 Å². The van der Waals surface area contributed by atoms with Gasteiger partial charge in [-0.15, -0.1) is 0 Å². The number of nitrogens with one attached hydrogen (secondary N) is 2. The maximum atomic E-state index is 13.1. The smallest absolute Gasteiger partial charge is 0.262 e. The molecule has 2 amide bonds. The molecule has 0 heterocycles. The Morgan fingerprint density at radius 3 is 2.47 bits per heavy atom. The molecule has 36 heavy (non-hydrogen) atoms. The molecular formula is C26H23BrCl2FN3O3. The van der Waals surface area contributed by atoms with Gasteiger partial charge >= 0.3 is 0 Å². The van der Waals surface area contributed by atoms with E-state index in [1.165, 1.54) is 30.5 Å². The first-order chi connectivity index (χ1) is 17.1. The Balaban J connectivity index is 1.67. The molecule has 0 aliphatic carbocycles. The largest absolute Gasteiger partial charge is 0.488 e. The minimum Gasteiger partial charge on any atom is -0.488 e. The first-order valence-electron chi connectivity index (χ1n) is 10.9. The fraction of sp³-hybridized carbons (Fsp3) is 0.192. The number of benzene rings is 3. The molecule has 6 nitrogen and oxygen atoms in total. The molecule has 0 aromatic heterocycles. The minimum atomic E-state index is -0.857. The van der Waals surface area contributed by atoms with Gasteiger partial charge in [0.1, 0.15) is 24.2 Å². The second kappa shape index (κ2) is 12.9. The Kier molecular flexibility index (Phi) is 9.87. The van der Waals surface area contributed by atoms with Crippen LogP contribution < -0.4 is 15.5 Å². The monoisotopic (exact) mass is 593 g/mol. The van der Waals surface area contributed by atoms with Crippen LogP contribution in [-0.4, -0.2) is 24.1 Å². The third kappa shape index (κ3) is 7.78. The number of rotatable bonds is 9. The Hall–Kier alpha value is -2.94. The highest BCUT2D eigenvalue weighted by molar-refractivity contribution is 9.10. The highest BCUT2D eigenvalue weighted by Gasteiger charge is 2.24. The zero-order valence-corrected chi connectivity index (χ0v) is 22.5. The summed E-state index contributed by atoms with van der Waals surface area (Å²) in [4.78, 5) is 25.3. The molecule has 0 aliphatic rings. The van der Waals surface area contributed by atoms with E-state index in [4.69, 9.17) is 27.9 Å². The summed E-state index contributed by atoms with van der Waals surface area (Å²) in [5, 5.41) is 7.74. The molecule has 0 fully saturated rings. The maximum Gasteiger partial charge on any atom is 0.262 e. The predicted octanol–water partition coefficient (Wildman–Crippen LogP) is 6.38. The van der Waals surface area contributed by atoms with Crippen molar-refractivity contribution in [1.29, 1.82) is 0 Å². The number of halogens is 4. The number of hydrogen-bond donors (Lipinski definition) is 2. The molecule has 1 unspecified atom stereocenters. The molecule has 10 heteroatoms. The Morgan fingerprint density at radius 2 is 1.81 bits per heavy atom. The van der Waals surface area contributed by atoms with Crippen molar-refractivity contribution in [2.45, 2.75) is 26.5 Å². The third-order valence-corrected chi connectivity index (χ3v) is 6.17. The first-order valence-corrected chi connectivity index (χ1v) is 12.4. The topological polar surface area (TPSA) is 79.8 Å². The number of hydrazone groups is 1. The van der Waals surface area contributed by atoms with Crippen LogP contribution in [-0.2, 0) is 11.4 Å². The number of amides is 2. The molecule has 0 spiro atoms. The average Bonchev–Trinajstić information content (AvgIpc) is 2.83. The van der Waals surface area contributed by atoms with Crippen molar-refractivity contribution in [2.24, 2.45) is 11.0 Å². The van der Waals surface area contributed by atoms with Gasteiger partial charge in [0.2, 0.25) is 0 Å². The van der Waals surface area contributed by atoms with E-state index in [1.807, 2.05) is 6.07 Å². The van der Waals surface area contributed by atoms with Crippen molar-refractivity contribution in [2.75, 3.05) is 0 Å². The molecule has 0 saturated heterocycles. The second-order valence-corrected chi connectivity index (χ2v) is 9.90. The van der Waals surface area contributed by atoms with Crippen molar-refractivity contribution in [3.8, 4) is 5.75 Å². The lowest BCUT2D eigenvalue weighted by Gasteiger charge is -2.20. The molecule has 3 aromatic rings. The van der Waals surface area contributed by atoms with Crippen LogP contribution in [0.3, 0.4) is 0 Å². The molecule has 0 radical (unpaired) electrons. The van der Waals surface area contributed by atoms with E-state index in [-0.39, 0.29) is 18.1 Å². The van der Waals surface area contributed by atoms with Gasteiger partial charge in [0.15, 0.2) is 0 Å². The predicted molar refractivity (Wildman–Crippen MR) is 143 cm³/mol. The number of ether oxygens (including phenoxy) is 1. The van der Waals surface area contributed by atoms with Crippen LogP contribution in [0, 0.1) is 11.7 Å². The summed E-state index contributed by atoms with van der Waals surface area (Å²) < 4.78 is 19.8. The quantitative estimate of drug-likeness (QED) is 0.223. The normalized spacial score (nSPS) is 12.0. The van der Waals surface area contributed by atoms with Crippen LogP contribution in [0.25, 0.3) is 0 Å². The van der Waals surface area contributed by atoms with Crippen LogP contribution in [0.5, 0.6) is 5.75 Å². The van der Waals surface area contributed by atoms with E-state index in [0.29, 0.717) is 21.4 Å². The summed E-state index contributed by atoms with van der Waals surface area (Å²) in [5.41, 5.74) is 4.07. The van der Waals surface area contributed by atoms with Crippen LogP contribution in [0.4, 0.5) is 4.39 Å². The van der Waals surface area contributed by atoms with Gasteiger partial charge in [-0.25, -0.2) is 9.82 Å². The van der Waals surface area contributed by atoms with Gasteiger partial charge in [-0.2, -0.15) is 5.10 Å². The lowest BCUT2D eigenvalue weighted by atomic mass is 10.0. The van der Waals surface area contributed by atoms with E-state index < -0.39 is 23.7 Å². The van der Waals surface area contributed by atoms with Crippen molar-refractivity contribution in [3.05, 3.63) is 97.7 Å². The van der Waals surface area contributed by atoms with E-state index in [9.17, 15) is 14.0 Å². The summed E-state index contributed by atoms with van der Waals surface area (Å²) in [6, 6.07) is 14.7.